The van der Waals surface area contributed by atoms with Crippen molar-refractivity contribution >= 4 is 18.2 Å². The van der Waals surface area contributed by atoms with E-state index in [9.17, 15) is 9.59 Å². The van der Waals surface area contributed by atoms with Gasteiger partial charge >= 0.3 is 6.03 Å². The average molecular weight is 262 g/mol. The van der Waals surface area contributed by atoms with E-state index in [2.05, 4.69) is 27.1 Å². The molecule has 0 aromatic carbocycles. The summed E-state index contributed by atoms with van der Waals surface area (Å²) in [5.41, 5.74) is 0.0560. The molecule has 6 nitrogen and oxygen atoms in total. The number of allylic oxidation sites excluding steroid dienone is 1. The number of rotatable bonds is 2. The predicted octanol–water partition coefficient (Wildman–Crippen LogP) is 0.0833. The minimum absolute atomic E-state index is 0.290. The van der Waals surface area contributed by atoms with Gasteiger partial charge in [0.25, 0.3) is 5.91 Å². The van der Waals surface area contributed by atoms with Crippen molar-refractivity contribution in [2.75, 3.05) is 26.2 Å². The first-order valence-electron chi connectivity index (χ1n) is 6.20. The molecule has 2 aliphatic rings. The van der Waals surface area contributed by atoms with Crippen LogP contribution < -0.4 is 10.6 Å². The summed E-state index contributed by atoms with van der Waals surface area (Å²) in [4.78, 5) is 29.3. The zero-order valence-electron chi connectivity index (χ0n) is 11.0. The maximum absolute atomic E-state index is 11.8. The number of aliphatic imine (C=N–C) groups is 1. The van der Waals surface area contributed by atoms with Crippen LogP contribution in [0.1, 0.15) is 6.92 Å². The third-order valence-corrected chi connectivity index (χ3v) is 3.15. The average Bonchev–Trinajstić information content (AvgIpc) is 2.61. The summed E-state index contributed by atoms with van der Waals surface area (Å²) in [5.74, 6) is -0.290. The van der Waals surface area contributed by atoms with Crippen molar-refractivity contribution in [3.63, 3.8) is 0 Å². The Morgan fingerprint density at radius 3 is 3.00 bits per heavy atom. The third-order valence-electron chi connectivity index (χ3n) is 3.15. The van der Waals surface area contributed by atoms with Gasteiger partial charge in [0.2, 0.25) is 0 Å². The lowest BCUT2D eigenvalue weighted by Crippen LogP contribution is -2.53. The van der Waals surface area contributed by atoms with Gasteiger partial charge in [0.1, 0.15) is 5.54 Å². The lowest BCUT2D eigenvalue weighted by atomic mass is 10.0. The molecule has 2 heterocycles. The number of nitrogens with zero attached hydrogens (tertiary/aromatic N) is 2. The molecule has 2 aliphatic heterocycles. The topological polar surface area (TPSA) is 73.8 Å². The lowest BCUT2D eigenvalue weighted by Gasteiger charge is -2.30. The number of urea groups is 1. The second-order valence-electron chi connectivity index (χ2n) is 5.02. The Hall–Kier alpha value is -1.95. The number of imide groups is 1. The third kappa shape index (κ3) is 3.29. The first kappa shape index (κ1) is 13.5. The maximum atomic E-state index is 11.8. The second kappa shape index (κ2) is 5.36. The smallest absolute Gasteiger partial charge is 0.322 e. The van der Waals surface area contributed by atoms with Gasteiger partial charge in [-0.3, -0.25) is 20.0 Å². The molecule has 2 rings (SSSR count). The fraction of sp³-hybridized carbons (Fsp3) is 0.462. The standard InChI is InChI=1S/C13H18N4O2/c1-10-4-3-5-14-6-7-17(8-10)9-13(2)11(18)15-12(19)16-13/h3-5H,1,6-9H2,2H3,(H2,15,16,18,19)/b4-3-,14-5-. The van der Waals surface area contributed by atoms with E-state index in [0.717, 1.165) is 12.1 Å². The first-order chi connectivity index (χ1) is 8.99. The number of hydrogen-bond donors (Lipinski definition) is 2. The van der Waals surface area contributed by atoms with Gasteiger partial charge in [-0.25, -0.2) is 4.79 Å². The molecule has 0 aromatic rings. The van der Waals surface area contributed by atoms with Crippen LogP contribution in [-0.2, 0) is 4.79 Å². The predicted molar refractivity (Wildman–Crippen MR) is 73.2 cm³/mol. The van der Waals surface area contributed by atoms with Crippen molar-refractivity contribution < 1.29 is 9.59 Å². The summed E-state index contributed by atoms with van der Waals surface area (Å²) in [5, 5.41) is 4.93. The Bertz CT molecular complexity index is 469. The molecule has 0 spiro atoms. The van der Waals surface area contributed by atoms with E-state index < -0.39 is 11.6 Å². The van der Waals surface area contributed by atoms with E-state index in [0.29, 0.717) is 19.6 Å². The van der Waals surface area contributed by atoms with Crippen molar-refractivity contribution in [2.24, 2.45) is 4.99 Å². The Balaban J connectivity index is 2.06. The van der Waals surface area contributed by atoms with Crippen LogP contribution in [-0.4, -0.2) is 54.8 Å². The highest BCUT2D eigenvalue weighted by Gasteiger charge is 2.42. The molecule has 0 bridgehead atoms. The molecule has 0 aliphatic carbocycles. The van der Waals surface area contributed by atoms with Crippen molar-refractivity contribution in [3.8, 4) is 0 Å². The van der Waals surface area contributed by atoms with Crippen LogP contribution in [0.5, 0.6) is 0 Å². The normalized spacial score (nSPS) is 31.9. The number of hydrogen-bond acceptors (Lipinski definition) is 4. The van der Waals surface area contributed by atoms with E-state index in [1.807, 2.05) is 12.2 Å². The van der Waals surface area contributed by atoms with Crippen LogP contribution in [0.15, 0.2) is 29.3 Å². The van der Waals surface area contributed by atoms with Crippen LogP contribution in [0, 0.1) is 0 Å². The molecular formula is C13H18N4O2. The molecule has 102 valence electrons. The van der Waals surface area contributed by atoms with E-state index in [4.69, 9.17) is 0 Å². The highest BCUT2D eigenvalue weighted by molar-refractivity contribution is 6.06. The summed E-state index contributed by atoms with van der Waals surface area (Å²) in [6.45, 7) is 8.15. The first-order valence-corrected chi connectivity index (χ1v) is 6.20. The molecule has 19 heavy (non-hydrogen) atoms. The van der Waals surface area contributed by atoms with Gasteiger partial charge in [-0.1, -0.05) is 12.7 Å². The number of nitrogens with one attached hydrogen (secondary N) is 2. The van der Waals surface area contributed by atoms with Crippen LogP contribution in [0.4, 0.5) is 4.79 Å². The van der Waals surface area contributed by atoms with Crippen molar-refractivity contribution in [1.82, 2.24) is 15.5 Å². The van der Waals surface area contributed by atoms with Gasteiger partial charge in [-0.05, 0) is 18.6 Å². The summed E-state index contributed by atoms with van der Waals surface area (Å²) < 4.78 is 0. The Kier molecular flexibility index (Phi) is 3.80. The van der Waals surface area contributed by atoms with Crippen molar-refractivity contribution in [3.05, 3.63) is 24.3 Å². The summed E-state index contributed by atoms with van der Waals surface area (Å²) in [6.07, 6.45) is 5.51. The molecule has 6 heteroatoms. The molecule has 3 amide bonds. The van der Waals surface area contributed by atoms with Crippen molar-refractivity contribution in [2.45, 2.75) is 12.5 Å². The minimum Gasteiger partial charge on any atom is -0.322 e. The lowest BCUT2D eigenvalue weighted by molar-refractivity contribution is -0.124. The molecule has 0 aromatic heterocycles. The zero-order valence-corrected chi connectivity index (χ0v) is 11.0. The summed E-state index contributed by atoms with van der Waals surface area (Å²) in [6, 6.07) is -0.437. The molecular weight excluding hydrogens is 244 g/mol. The van der Waals surface area contributed by atoms with Gasteiger partial charge in [-0.15, -0.1) is 0 Å². The van der Waals surface area contributed by atoms with E-state index in [-0.39, 0.29) is 5.91 Å². The fourth-order valence-electron chi connectivity index (χ4n) is 2.21. The van der Waals surface area contributed by atoms with Crippen molar-refractivity contribution in [1.29, 1.82) is 0 Å². The molecule has 1 saturated heterocycles. The maximum Gasteiger partial charge on any atom is 0.322 e. The Morgan fingerprint density at radius 1 is 1.53 bits per heavy atom. The summed E-state index contributed by atoms with van der Waals surface area (Å²) >= 11 is 0. The molecule has 0 radical (unpaired) electrons. The second-order valence-corrected chi connectivity index (χ2v) is 5.02. The fourth-order valence-corrected chi connectivity index (χ4v) is 2.21. The Labute approximate surface area is 112 Å². The van der Waals surface area contributed by atoms with E-state index in [1.54, 1.807) is 13.1 Å². The van der Waals surface area contributed by atoms with Crippen LogP contribution in [0.2, 0.25) is 0 Å². The van der Waals surface area contributed by atoms with Gasteiger partial charge < -0.3 is 5.32 Å². The highest BCUT2D eigenvalue weighted by Crippen LogP contribution is 2.13. The Morgan fingerprint density at radius 2 is 2.32 bits per heavy atom. The van der Waals surface area contributed by atoms with Gasteiger partial charge in [0, 0.05) is 25.8 Å². The molecule has 2 N–H and O–H groups in total. The van der Waals surface area contributed by atoms with Gasteiger partial charge in [-0.2, -0.15) is 0 Å². The van der Waals surface area contributed by atoms with E-state index in [1.165, 1.54) is 0 Å². The minimum atomic E-state index is -0.890. The van der Waals surface area contributed by atoms with Gasteiger partial charge in [0.05, 0.1) is 6.54 Å². The number of carbonyl (C=O) groups excluding carboxylic acids is 2. The molecule has 1 unspecified atom stereocenters. The number of amides is 3. The molecule has 1 fully saturated rings. The number of carbonyl (C=O) groups is 2. The quantitative estimate of drug-likeness (QED) is 0.692. The van der Waals surface area contributed by atoms with Crippen LogP contribution in [0.3, 0.4) is 0 Å². The van der Waals surface area contributed by atoms with Gasteiger partial charge in [0.15, 0.2) is 0 Å². The SMILES string of the molecule is C=C1/C=C\C=N/CCN(CC2(C)NC(=O)NC2=O)C1. The highest BCUT2D eigenvalue weighted by atomic mass is 16.2. The van der Waals surface area contributed by atoms with E-state index >= 15 is 0 Å². The molecule has 1 atom stereocenters. The largest absolute Gasteiger partial charge is 0.322 e. The monoisotopic (exact) mass is 262 g/mol. The molecule has 0 saturated carbocycles. The van der Waals surface area contributed by atoms with Crippen LogP contribution >= 0.6 is 0 Å². The summed E-state index contributed by atoms with van der Waals surface area (Å²) in [7, 11) is 0. The van der Waals surface area contributed by atoms with Crippen LogP contribution in [0.25, 0.3) is 0 Å². The zero-order chi connectivity index (χ0) is 13.9.